The van der Waals surface area contributed by atoms with Crippen LogP contribution in [0.3, 0.4) is 0 Å². The third kappa shape index (κ3) is 4.54. The van der Waals surface area contributed by atoms with Crippen molar-refractivity contribution in [2.45, 2.75) is 38.4 Å². The molecule has 0 aliphatic heterocycles. The van der Waals surface area contributed by atoms with Gasteiger partial charge in [-0.2, -0.15) is 0 Å². The van der Waals surface area contributed by atoms with Crippen LogP contribution in [0.1, 0.15) is 26.3 Å². The van der Waals surface area contributed by atoms with E-state index in [9.17, 15) is 9.59 Å². The molecule has 0 fully saturated rings. The molecule has 27 heavy (non-hydrogen) atoms. The maximum absolute atomic E-state index is 13.1. The van der Waals surface area contributed by atoms with Crippen molar-refractivity contribution in [3.05, 3.63) is 58.5 Å². The zero-order valence-electron chi connectivity index (χ0n) is 15.8. The summed E-state index contributed by atoms with van der Waals surface area (Å²) in [5, 5.41) is 3.88. The minimum absolute atomic E-state index is 0.112. The van der Waals surface area contributed by atoms with Crippen LogP contribution >= 0.6 is 11.8 Å². The van der Waals surface area contributed by atoms with Crippen LogP contribution in [0.2, 0.25) is 0 Å². The van der Waals surface area contributed by atoms with Crippen LogP contribution in [0, 0.1) is 6.92 Å². The molecule has 140 valence electrons. The van der Waals surface area contributed by atoms with E-state index in [1.807, 2.05) is 52.0 Å². The van der Waals surface area contributed by atoms with Crippen molar-refractivity contribution in [2.24, 2.45) is 0 Å². The molecule has 0 radical (unpaired) electrons. The number of aromatic nitrogens is 3. The topological polar surface area (TPSA) is 76.9 Å². The number of hydrogen-bond donors (Lipinski definition) is 1. The van der Waals surface area contributed by atoms with Crippen LogP contribution in [0.15, 0.2) is 52.5 Å². The maximum atomic E-state index is 13.1. The van der Waals surface area contributed by atoms with Crippen LogP contribution < -0.4 is 10.9 Å². The van der Waals surface area contributed by atoms with E-state index in [1.165, 1.54) is 16.3 Å². The lowest BCUT2D eigenvalue weighted by Gasteiger charge is -2.20. The van der Waals surface area contributed by atoms with E-state index in [4.69, 9.17) is 0 Å². The molecule has 1 aromatic carbocycles. The molecule has 0 aliphatic rings. The van der Waals surface area contributed by atoms with Crippen LogP contribution in [0.5, 0.6) is 0 Å². The number of benzene rings is 1. The second kappa shape index (κ2) is 7.52. The number of carbonyl (C=O) groups is 1. The highest BCUT2D eigenvalue weighted by Gasteiger charge is 2.18. The van der Waals surface area contributed by atoms with Crippen LogP contribution in [0.25, 0.3) is 16.7 Å². The smallest absolute Gasteiger partial charge is 0.267 e. The third-order valence-corrected chi connectivity index (χ3v) is 4.66. The maximum Gasteiger partial charge on any atom is 0.267 e. The van der Waals surface area contributed by atoms with Crippen molar-refractivity contribution in [2.75, 3.05) is 5.75 Å². The van der Waals surface area contributed by atoms with E-state index in [0.29, 0.717) is 21.9 Å². The quantitative estimate of drug-likeness (QED) is 0.554. The minimum Gasteiger partial charge on any atom is -0.351 e. The standard InChI is InChI=1S/C20H22N4O2S/c1-13-9-10-21-16(11-13)24-18(26)14-7-5-6-8-15(14)22-19(24)27-12-17(25)23-20(2,3)4/h5-11H,12H2,1-4H3,(H,23,25). The SMILES string of the molecule is Cc1ccnc(-n2c(SCC(=O)NC(C)(C)C)nc3ccccc3c2=O)c1. The molecule has 1 amide bonds. The Morgan fingerprint density at radius 1 is 1.22 bits per heavy atom. The molecule has 2 aromatic heterocycles. The summed E-state index contributed by atoms with van der Waals surface area (Å²) in [7, 11) is 0. The first-order valence-electron chi connectivity index (χ1n) is 8.63. The molecule has 7 heteroatoms. The molecule has 0 spiro atoms. The molecule has 0 atom stereocenters. The number of pyridine rings is 1. The first-order chi connectivity index (χ1) is 12.7. The average Bonchev–Trinajstić information content (AvgIpc) is 2.58. The van der Waals surface area contributed by atoms with Gasteiger partial charge in [0.1, 0.15) is 5.82 Å². The first kappa shape index (κ1) is 19.1. The van der Waals surface area contributed by atoms with Gasteiger partial charge in [-0.15, -0.1) is 0 Å². The van der Waals surface area contributed by atoms with Crippen molar-refractivity contribution in [1.82, 2.24) is 19.9 Å². The zero-order chi connectivity index (χ0) is 19.6. The van der Waals surface area contributed by atoms with Gasteiger partial charge in [0, 0.05) is 11.7 Å². The molecule has 0 aliphatic carbocycles. The van der Waals surface area contributed by atoms with Crippen LogP contribution in [-0.2, 0) is 4.79 Å². The molecule has 3 rings (SSSR count). The molecule has 0 unspecified atom stereocenters. The van der Waals surface area contributed by atoms with Crippen molar-refractivity contribution in [1.29, 1.82) is 0 Å². The Morgan fingerprint density at radius 3 is 2.67 bits per heavy atom. The minimum atomic E-state index is -0.313. The highest BCUT2D eigenvalue weighted by Crippen LogP contribution is 2.21. The van der Waals surface area contributed by atoms with Gasteiger partial charge in [-0.05, 0) is 57.5 Å². The highest BCUT2D eigenvalue weighted by molar-refractivity contribution is 7.99. The Labute approximate surface area is 162 Å². The summed E-state index contributed by atoms with van der Waals surface area (Å²) in [4.78, 5) is 34.3. The largest absolute Gasteiger partial charge is 0.351 e. The van der Waals surface area contributed by atoms with E-state index < -0.39 is 0 Å². The van der Waals surface area contributed by atoms with Crippen molar-refractivity contribution >= 4 is 28.6 Å². The molecular weight excluding hydrogens is 360 g/mol. The molecule has 0 bridgehead atoms. The third-order valence-electron chi connectivity index (χ3n) is 3.72. The van der Waals surface area contributed by atoms with E-state index in [1.54, 1.807) is 18.3 Å². The summed E-state index contributed by atoms with van der Waals surface area (Å²) in [6.45, 7) is 7.72. The fourth-order valence-electron chi connectivity index (χ4n) is 2.64. The van der Waals surface area contributed by atoms with Gasteiger partial charge in [0.2, 0.25) is 5.91 Å². The predicted molar refractivity (Wildman–Crippen MR) is 108 cm³/mol. The number of para-hydroxylation sites is 1. The number of nitrogens with zero attached hydrogens (tertiary/aromatic N) is 3. The van der Waals surface area contributed by atoms with Gasteiger partial charge in [0.15, 0.2) is 5.16 Å². The first-order valence-corrected chi connectivity index (χ1v) is 9.62. The Hall–Kier alpha value is -2.67. The number of fused-ring (bicyclic) bond motifs is 1. The molecule has 2 heterocycles. The molecule has 6 nitrogen and oxygen atoms in total. The average molecular weight is 382 g/mol. The van der Waals surface area contributed by atoms with Crippen LogP contribution in [-0.4, -0.2) is 31.7 Å². The fraction of sp³-hybridized carbons (Fsp3) is 0.300. The lowest BCUT2D eigenvalue weighted by Crippen LogP contribution is -2.41. The Morgan fingerprint density at radius 2 is 1.96 bits per heavy atom. The Kier molecular flexibility index (Phi) is 5.32. The van der Waals surface area contributed by atoms with E-state index >= 15 is 0 Å². The van der Waals surface area contributed by atoms with E-state index in [-0.39, 0.29) is 22.8 Å². The predicted octanol–water partition coefficient (Wildman–Crippen LogP) is 3.10. The fourth-order valence-corrected chi connectivity index (χ4v) is 3.44. The summed E-state index contributed by atoms with van der Waals surface area (Å²) in [6, 6.07) is 10.9. The Balaban J connectivity index is 2.06. The van der Waals surface area contributed by atoms with Gasteiger partial charge in [0.05, 0.1) is 16.7 Å². The number of hydrogen-bond acceptors (Lipinski definition) is 5. The van der Waals surface area contributed by atoms with Gasteiger partial charge in [-0.1, -0.05) is 23.9 Å². The number of aryl methyl sites for hydroxylation is 1. The molecule has 1 N–H and O–H groups in total. The van der Waals surface area contributed by atoms with E-state index in [0.717, 1.165) is 5.56 Å². The van der Waals surface area contributed by atoms with Gasteiger partial charge >= 0.3 is 0 Å². The van der Waals surface area contributed by atoms with Crippen molar-refractivity contribution in [3.63, 3.8) is 0 Å². The molecule has 0 saturated heterocycles. The van der Waals surface area contributed by atoms with E-state index in [2.05, 4.69) is 15.3 Å². The summed E-state index contributed by atoms with van der Waals surface area (Å²) in [6.07, 6.45) is 1.66. The highest BCUT2D eigenvalue weighted by atomic mass is 32.2. The van der Waals surface area contributed by atoms with Crippen molar-refractivity contribution in [3.8, 4) is 5.82 Å². The van der Waals surface area contributed by atoms with Gasteiger partial charge < -0.3 is 5.32 Å². The van der Waals surface area contributed by atoms with Crippen LogP contribution in [0.4, 0.5) is 0 Å². The molecular formula is C20H22N4O2S. The summed E-state index contributed by atoms with van der Waals surface area (Å²) in [5.41, 5.74) is 1.08. The number of nitrogens with one attached hydrogen (secondary N) is 1. The van der Waals surface area contributed by atoms with Gasteiger partial charge in [-0.25, -0.2) is 14.5 Å². The number of thioether (sulfide) groups is 1. The number of amides is 1. The monoisotopic (exact) mass is 382 g/mol. The van der Waals surface area contributed by atoms with Crippen molar-refractivity contribution < 1.29 is 4.79 Å². The molecule has 3 aromatic rings. The second-order valence-electron chi connectivity index (χ2n) is 7.33. The van der Waals surface area contributed by atoms with Gasteiger partial charge in [-0.3, -0.25) is 9.59 Å². The normalized spacial score (nSPS) is 11.6. The number of carbonyl (C=O) groups excluding carboxylic acids is 1. The molecule has 0 saturated carbocycles. The summed E-state index contributed by atoms with van der Waals surface area (Å²) in [5.74, 6) is 0.545. The second-order valence-corrected chi connectivity index (χ2v) is 8.27. The lowest BCUT2D eigenvalue weighted by atomic mass is 10.1. The van der Waals surface area contributed by atoms with Gasteiger partial charge in [0.25, 0.3) is 5.56 Å². The summed E-state index contributed by atoms with van der Waals surface area (Å²) < 4.78 is 1.48. The Bertz CT molecular complexity index is 1050. The lowest BCUT2D eigenvalue weighted by molar-refractivity contribution is -0.119. The zero-order valence-corrected chi connectivity index (χ0v) is 16.6. The number of rotatable bonds is 4. The summed E-state index contributed by atoms with van der Waals surface area (Å²) >= 11 is 1.23.